The lowest BCUT2D eigenvalue weighted by molar-refractivity contribution is -0.144. The molecule has 1 aliphatic rings. The smallest absolute Gasteiger partial charge is 0.451 e. The largest absolute Gasteiger partial charge is 0.493 e. The number of halogens is 3. The predicted octanol–water partition coefficient (Wildman–Crippen LogP) is 4.83. The third-order valence-corrected chi connectivity index (χ3v) is 4.99. The summed E-state index contributed by atoms with van der Waals surface area (Å²) in [5.41, 5.74) is 1.03. The molecule has 0 bridgehead atoms. The maximum atomic E-state index is 13.2. The average molecular weight is 433 g/mol. The summed E-state index contributed by atoms with van der Waals surface area (Å²) in [6.07, 6.45) is -2.55. The Morgan fingerprint density at radius 3 is 2.71 bits per heavy atom. The Morgan fingerprint density at radius 1 is 1.13 bits per heavy atom. The molecule has 1 fully saturated rings. The van der Waals surface area contributed by atoms with Gasteiger partial charge in [0, 0.05) is 18.5 Å². The maximum absolute atomic E-state index is 13.2. The first-order valence-electron chi connectivity index (χ1n) is 9.93. The van der Waals surface area contributed by atoms with Crippen LogP contribution in [-0.4, -0.2) is 36.4 Å². The number of para-hydroxylation sites is 1. The Bertz CT molecular complexity index is 1050. The van der Waals surface area contributed by atoms with Crippen LogP contribution in [-0.2, 0) is 17.5 Å². The van der Waals surface area contributed by atoms with Gasteiger partial charge in [-0.25, -0.2) is 9.97 Å². The Balaban J connectivity index is 1.51. The number of alkyl halides is 3. The SMILES string of the molecule is COc1cc(CNc2nc(C(F)(F)F)nc3ccccc23)ccc1OCC1CCCO1. The molecule has 0 spiro atoms. The Hall–Kier alpha value is -3.07. The minimum Gasteiger partial charge on any atom is -0.493 e. The Labute approximate surface area is 177 Å². The van der Waals surface area contributed by atoms with Gasteiger partial charge >= 0.3 is 6.18 Å². The molecule has 0 aliphatic carbocycles. The van der Waals surface area contributed by atoms with Gasteiger partial charge in [-0.05, 0) is 42.7 Å². The van der Waals surface area contributed by atoms with E-state index in [0.717, 1.165) is 25.0 Å². The van der Waals surface area contributed by atoms with Crippen molar-refractivity contribution in [3.8, 4) is 11.5 Å². The van der Waals surface area contributed by atoms with Crippen LogP contribution in [0.2, 0.25) is 0 Å². The monoisotopic (exact) mass is 433 g/mol. The number of anilines is 1. The molecule has 1 saturated heterocycles. The van der Waals surface area contributed by atoms with Crippen LogP contribution >= 0.6 is 0 Å². The van der Waals surface area contributed by atoms with Crippen LogP contribution in [0.1, 0.15) is 24.2 Å². The van der Waals surface area contributed by atoms with E-state index in [0.29, 0.717) is 23.5 Å². The second-order valence-electron chi connectivity index (χ2n) is 7.20. The van der Waals surface area contributed by atoms with Gasteiger partial charge in [0.15, 0.2) is 11.5 Å². The van der Waals surface area contributed by atoms with Crippen LogP contribution in [0, 0.1) is 0 Å². The van der Waals surface area contributed by atoms with Crippen molar-refractivity contribution < 1.29 is 27.4 Å². The minimum absolute atomic E-state index is 0.0833. The maximum Gasteiger partial charge on any atom is 0.451 e. The van der Waals surface area contributed by atoms with E-state index < -0.39 is 12.0 Å². The zero-order valence-corrected chi connectivity index (χ0v) is 16.9. The fourth-order valence-electron chi connectivity index (χ4n) is 3.42. The third kappa shape index (κ3) is 4.99. The molecule has 2 aromatic carbocycles. The highest BCUT2D eigenvalue weighted by atomic mass is 19.4. The van der Waals surface area contributed by atoms with Crippen LogP contribution in [0.3, 0.4) is 0 Å². The van der Waals surface area contributed by atoms with Crippen molar-refractivity contribution in [2.45, 2.75) is 31.7 Å². The van der Waals surface area contributed by atoms with Crippen LogP contribution in [0.5, 0.6) is 11.5 Å². The first kappa shape index (κ1) is 21.2. The van der Waals surface area contributed by atoms with Gasteiger partial charge in [0.1, 0.15) is 12.4 Å². The number of nitrogens with zero attached hydrogens (tertiary/aromatic N) is 2. The van der Waals surface area contributed by atoms with E-state index >= 15 is 0 Å². The Morgan fingerprint density at radius 2 is 1.97 bits per heavy atom. The number of benzene rings is 2. The van der Waals surface area contributed by atoms with E-state index in [2.05, 4.69) is 15.3 Å². The molecule has 1 atom stereocenters. The van der Waals surface area contributed by atoms with E-state index in [1.807, 2.05) is 6.07 Å². The molecule has 0 radical (unpaired) electrons. The van der Waals surface area contributed by atoms with Crippen molar-refractivity contribution in [3.63, 3.8) is 0 Å². The molecule has 1 N–H and O–H groups in total. The van der Waals surface area contributed by atoms with E-state index in [1.165, 1.54) is 6.07 Å². The minimum atomic E-state index is -4.63. The second-order valence-corrected chi connectivity index (χ2v) is 7.20. The first-order valence-corrected chi connectivity index (χ1v) is 9.93. The van der Waals surface area contributed by atoms with Gasteiger partial charge in [-0.3, -0.25) is 0 Å². The van der Waals surface area contributed by atoms with Crippen molar-refractivity contribution in [3.05, 3.63) is 53.9 Å². The van der Waals surface area contributed by atoms with Crippen molar-refractivity contribution in [1.82, 2.24) is 9.97 Å². The summed E-state index contributed by atoms with van der Waals surface area (Å²) in [6, 6.07) is 12.0. The lowest BCUT2D eigenvalue weighted by atomic mass is 10.2. The highest BCUT2D eigenvalue weighted by Crippen LogP contribution is 2.32. The van der Waals surface area contributed by atoms with E-state index in [-0.39, 0.29) is 24.0 Å². The average Bonchev–Trinajstić information content (AvgIpc) is 3.29. The second kappa shape index (κ2) is 8.97. The molecule has 1 unspecified atom stereocenters. The van der Waals surface area contributed by atoms with E-state index in [1.54, 1.807) is 37.4 Å². The van der Waals surface area contributed by atoms with E-state index in [9.17, 15) is 13.2 Å². The van der Waals surface area contributed by atoms with Gasteiger partial charge < -0.3 is 19.5 Å². The molecule has 31 heavy (non-hydrogen) atoms. The lowest BCUT2D eigenvalue weighted by Gasteiger charge is -2.16. The Kier molecular flexibility index (Phi) is 6.13. The normalized spacial score (nSPS) is 16.5. The number of hydrogen-bond acceptors (Lipinski definition) is 6. The van der Waals surface area contributed by atoms with Gasteiger partial charge in [0.2, 0.25) is 5.82 Å². The number of nitrogens with one attached hydrogen (secondary N) is 1. The fraction of sp³-hybridized carbons (Fsp3) is 0.364. The molecule has 3 aromatic rings. The van der Waals surface area contributed by atoms with Gasteiger partial charge in [-0.15, -0.1) is 0 Å². The molecule has 164 valence electrons. The highest BCUT2D eigenvalue weighted by Gasteiger charge is 2.35. The molecule has 1 aromatic heterocycles. The molecule has 0 amide bonds. The standard InChI is InChI=1S/C22H22F3N3O3/c1-29-19-11-14(8-9-18(19)31-13-15-5-4-10-30-15)12-26-20-16-6-2-3-7-17(16)27-21(28-20)22(23,24)25/h2-3,6-9,11,15H,4-5,10,12-13H2,1H3,(H,26,27,28). The molecule has 4 rings (SSSR count). The molecular formula is C22H22F3N3O3. The lowest BCUT2D eigenvalue weighted by Crippen LogP contribution is -2.16. The first-order chi connectivity index (χ1) is 14.9. The molecular weight excluding hydrogens is 411 g/mol. The van der Waals surface area contributed by atoms with Crippen LogP contribution < -0.4 is 14.8 Å². The highest BCUT2D eigenvalue weighted by molar-refractivity contribution is 5.89. The third-order valence-electron chi connectivity index (χ3n) is 4.99. The summed E-state index contributed by atoms with van der Waals surface area (Å²) < 4.78 is 56.4. The number of ether oxygens (including phenoxy) is 3. The summed E-state index contributed by atoms with van der Waals surface area (Å²) in [6.45, 7) is 1.45. The summed E-state index contributed by atoms with van der Waals surface area (Å²) >= 11 is 0. The van der Waals surface area contributed by atoms with Crippen LogP contribution in [0.15, 0.2) is 42.5 Å². The van der Waals surface area contributed by atoms with E-state index in [4.69, 9.17) is 14.2 Å². The van der Waals surface area contributed by atoms with Crippen LogP contribution in [0.4, 0.5) is 19.0 Å². The van der Waals surface area contributed by atoms with Gasteiger partial charge in [0.05, 0.1) is 18.7 Å². The topological polar surface area (TPSA) is 65.5 Å². The number of fused-ring (bicyclic) bond motifs is 1. The number of hydrogen-bond donors (Lipinski definition) is 1. The molecule has 0 saturated carbocycles. The van der Waals surface area contributed by atoms with Gasteiger partial charge in [0.25, 0.3) is 0 Å². The van der Waals surface area contributed by atoms with Crippen LogP contribution in [0.25, 0.3) is 10.9 Å². The van der Waals surface area contributed by atoms with Gasteiger partial charge in [-0.1, -0.05) is 18.2 Å². The molecule has 2 heterocycles. The van der Waals surface area contributed by atoms with Crippen molar-refractivity contribution in [2.75, 3.05) is 25.6 Å². The fourth-order valence-corrected chi connectivity index (χ4v) is 3.42. The summed E-state index contributed by atoms with van der Waals surface area (Å²) in [5, 5.41) is 3.51. The van der Waals surface area contributed by atoms with Gasteiger partial charge in [-0.2, -0.15) is 13.2 Å². The summed E-state index contributed by atoms with van der Waals surface area (Å²) in [7, 11) is 1.54. The quantitative estimate of drug-likeness (QED) is 0.576. The van der Waals surface area contributed by atoms with Crippen molar-refractivity contribution in [2.24, 2.45) is 0 Å². The zero-order chi connectivity index (χ0) is 21.8. The summed E-state index contributed by atoms with van der Waals surface area (Å²) in [4.78, 5) is 7.34. The number of aromatic nitrogens is 2. The number of rotatable bonds is 7. The van der Waals surface area contributed by atoms with Crippen molar-refractivity contribution in [1.29, 1.82) is 0 Å². The molecule has 6 nitrogen and oxygen atoms in total. The predicted molar refractivity (Wildman–Crippen MR) is 109 cm³/mol. The van der Waals surface area contributed by atoms with Crippen molar-refractivity contribution >= 4 is 16.7 Å². The number of methoxy groups -OCH3 is 1. The molecule has 9 heteroatoms. The zero-order valence-electron chi connectivity index (χ0n) is 16.9. The molecule has 1 aliphatic heterocycles. The summed E-state index contributed by atoms with van der Waals surface area (Å²) in [5.74, 6) is 0.0779.